The van der Waals surface area contributed by atoms with Crippen LogP contribution in [0.1, 0.15) is 37.8 Å². The van der Waals surface area contributed by atoms with Gasteiger partial charge < -0.3 is 9.47 Å². The summed E-state index contributed by atoms with van der Waals surface area (Å²) >= 11 is 3.41. The van der Waals surface area contributed by atoms with Crippen LogP contribution in [0.2, 0.25) is 0 Å². The Morgan fingerprint density at radius 1 is 1.05 bits per heavy atom. The molecule has 5 heteroatoms. The van der Waals surface area contributed by atoms with Gasteiger partial charge in [-0.3, -0.25) is 9.59 Å². The normalized spacial score (nSPS) is 10.1. The summed E-state index contributed by atoms with van der Waals surface area (Å²) in [6.07, 6.45) is 0.731. The SMILES string of the molecule is CCC(=O)OCc1ccc(COC(=O)CC)c(Br)c1. The Labute approximate surface area is 121 Å². The van der Waals surface area contributed by atoms with Crippen LogP contribution in [0.3, 0.4) is 0 Å². The van der Waals surface area contributed by atoms with Crippen molar-refractivity contribution in [2.45, 2.75) is 39.9 Å². The largest absolute Gasteiger partial charge is 0.461 e. The fourth-order valence-electron chi connectivity index (χ4n) is 1.32. The van der Waals surface area contributed by atoms with Crippen LogP contribution in [-0.2, 0) is 32.3 Å². The molecule has 19 heavy (non-hydrogen) atoms. The van der Waals surface area contributed by atoms with Crippen molar-refractivity contribution in [2.24, 2.45) is 0 Å². The van der Waals surface area contributed by atoms with Crippen molar-refractivity contribution in [2.75, 3.05) is 0 Å². The van der Waals surface area contributed by atoms with Gasteiger partial charge in [-0.25, -0.2) is 0 Å². The van der Waals surface area contributed by atoms with Crippen molar-refractivity contribution in [1.29, 1.82) is 0 Å². The Bertz CT molecular complexity index is 457. The summed E-state index contributed by atoms with van der Waals surface area (Å²) in [5, 5.41) is 0. The molecule has 0 aromatic heterocycles. The number of carbonyl (C=O) groups is 2. The molecule has 0 aliphatic heterocycles. The fourth-order valence-corrected chi connectivity index (χ4v) is 1.86. The van der Waals surface area contributed by atoms with Gasteiger partial charge in [0.1, 0.15) is 13.2 Å². The lowest BCUT2D eigenvalue weighted by atomic mass is 10.1. The number of rotatable bonds is 6. The van der Waals surface area contributed by atoms with E-state index >= 15 is 0 Å². The molecule has 0 saturated carbocycles. The lowest BCUT2D eigenvalue weighted by Gasteiger charge is -2.08. The zero-order valence-corrected chi connectivity index (χ0v) is 12.7. The summed E-state index contributed by atoms with van der Waals surface area (Å²) in [4.78, 5) is 22.1. The summed E-state index contributed by atoms with van der Waals surface area (Å²) in [6, 6.07) is 5.56. The second-order valence-electron chi connectivity index (χ2n) is 3.95. The van der Waals surface area contributed by atoms with Crippen molar-refractivity contribution in [3.8, 4) is 0 Å². The van der Waals surface area contributed by atoms with E-state index in [0.717, 1.165) is 15.6 Å². The van der Waals surface area contributed by atoms with E-state index in [1.165, 1.54) is 0 Å². The van der Waals surface area contributed by atoms with E-state index < -0.39 is 0 Å². The zero-order valence-electron chi connectivity index (χ0n) is 11.1. The maximum atomic E-state index is 11.1. The standard InChI is InChI=1S/C14H17BrO4/c1-3-13(16)18-8-10-5-6-11(12(15)7-10)9-19-14(17)4-2/h5-7H,3-4,8-9H2,1-2H3. The minimum atomic E-state index is -0.229. The predicted molar refractivity (Wildman–Crippen MR) is 74.3 cm³/mol. The number of benzene rings is 1. The Kier molecular flexibility index (Phi) is 6.56. The second kappa shape index (κ2) is 7.94. The first-order chi connectivity index (χ1) is 9.06. The third-order valence-electron chi connectivity index (χ3n) is 2.48. The minimum absolute atomic E-state index is 0.225. The molecule has 0 unspecified atom stereocenters. The van der Waals surface area contributed by atoms with Crippen LogP contribution in [0, 0.1) is 0 Å². The van der Waals surface area contributed by atoms with Crippen LogP contribution in [0.5, 0.6) is 0 Å². The molecule has 0 aliphatic carbocycles. The van der Waals surface area contributed by atoms with Crippen LogP contribution in [0.25, 0.3) is 0 Å². The van der Waals surface area contributed by atoms with Crippen molar-refractivity contribution >= 4 is 27.9 Å². The molecule has 1 aromatic rings. The van der Waals surface area contributed by atoms with Crippen molar-refractivity contribution in [1.82, 2.24) is 0 Å². The van der Waals surface area contributed by atoms with Crippen LogP contribution < -0.4 is 0 Å². The first kappa shape index (κ1) is 15.7. The number of ether oxygens (including phenoxy) is 2. The molecule has 0 aliphatic rings. The molecule has 104 valence electrons. The molecule has 0 bridgehead atoms. The maximum Gasteiger partial charge on any atom is 0.305 e. The third kappa shape index (κ3) is 5.42. The van der Waals surface area contributed by atoms with Crippen LogP contribution in [-0.4, -0.2) is 11.9 Å². The van der Waals surface area contributed by atoms with Gasteiger partial charge in [0.15, 0.2) is 0 Å². The molecular formula is C14H17BrO4. The number of esters is 2. The summed E-state index contributed by atoms with van der Waals surface area (Å²) in [6.45, 7) is 3.99. The molecule has 0 heterocycles. The Hall–Kier alpha value is -1.36. The molecule has 1 aromatic carbocycles. The molecule has 0 amide bonds. The fraction of sp³-hybridized carbons (Fsp3) is 0.429. The smallest absolute Gasteiger partial charge is 0.305 e. The molecular weight excluding hydrogens is 312 g/mol. The van der Waals surface area contributed by atoms with Crippen LogP contribution in [0.4, 0.5) is 0 Å². The average Bonchev–Trinajstić information content (AvgIpc) is 2.43. The molecule has 4 nitrogen and oxygen atoms in total. The lowest BCUT2D eigenvalue weighted by Crippen LogP contribution is -2.04. The highest BCUT2D eigenvalue weighted by molar-refractivity contribution is 9.10. The Balaban J connectivity index is 2.59. The zero-order chi connectivity index (χ0) is 14.3. The van der Waals surface area contributed by atoms with Gasteiger partial charge in [-0.2, -0.15) is 0 Å². The van der Waals surface area contributed by atoms with Gasteiger partial charge in [-0.05, 0) is 11.6 Å². The van der Waals surface area contributed by atoms with Gasteiger partial charge in [-0.1, -0.05) is 41.9 Å². The Morgan fingerprint density at radius 2 is 1.63 bits per heavy atom. The van der Waals surface area contributed by atoms with Crippen molar-refractivity contribution < 1.29 is 19.1 Å². The maximum absolute atomic E-state index is 11.1. The van der Waals surface area contributed by atoms with Gasteiger partial charge in [0.25, 0.3) is 0 Å². The van der Waals surface area contributed by atoms with E-state index in [0.29, 0.717) is 12.8 Å². The quantitative estimate of drug-likeness (QED) is 0.751. The van der Waals surface area contributed by atoms with Crippen molar-refractivity contribution in [3.05, 3.63) is 33.8 Å². The van der Waals surface area contributed by atoms with Crippen LogP contribution in [0.15, 0.2) is 22.7 Å². The highest BCUT2D eigenvalue weighted by atomic mass is 79.9. The number of hydrogen-bond acceptors (Lipinski definition) is 4. The number of hydrogen-bond donors (Lipinski definition) is 0. The van der Waals surface area contributed by atoms with Crippen molar-refractivity contribution in [3.63, 3.8) is 0 Å². The molecule has 0 saturated heterocycles. The minimum Gasteiger partial charge on any atom is -0.461 e. The van der Waals surface area contributed by atoms with E-state index in [1.54, 1.807) is 13.8 Å². The molecule has 0 spiro atoms. The van der Waals surface area contributed by atoms with E-state index in [-0.39, 0.29) is 25.2 Å². The van der Waals surface area contributed by atoms with E-state index in [2.05, 4.69) is 15.9 Å². The highest BCUT2D eigenvalue weighted by Crippen LogP contribution is 2.20. The first-order valence-corrected chi connectivity index (χ1v) is 6.94. The van der Waals surface area contributed by atoms with Gasteiger partial charge in [0.05, 0.1) is 0 Å². The van der Waals surface area contributed by atoms with Gasteiger partial charge in [-0.15, -0.1) is 0 Å². The molecule has 1 rings (SSSR count). The molecule has 0 fully saturated rings. The van der Waals surface area contributed by atoms with Gasteiger partial charge >= 0.3 is 11.9 Å². The second-order valence-corrected chi connectivity index (χ2v) is 4.81. The summed E-state index contributed by atoms with van der Waals surface area (Å²) in [5.41, 5.74) is 1.77. The Morgan fingerprint density at radius 3 is 2.16 bits per heavy atom. The lowest BCUT2D eigenvalue weighted by molar-refractivity contribution is -0.145. The summed E-state index contributed by atoms with van der Waals surface area (Å²) < 4.78 is 10.9. The first-order valence-electron chi connectivity index (χ1n) is 6.15. The topological polar surface area (TPSA) is 52.6 Å². The van der Waals surface area contributed by atoms with Gasteiger partial charge in [0, 0.05) is 22.9 Å². The number of carbonyl (C=O) groups excluding carboxylic acids is 2. The van der Waals surface area contributed by atoms with E-state index in [4.69, 9.17) is 9.47 Å². The van der Waals surface area contributed by atoms with Crippen LogP contribution >= 0.6 is 15.9 Å². The molecule has 0 atom stereocenters. The van der Waals surface area contributed by atoms with Gasteiger partial charge in [0.2, 0.25) is 0 Å². The predicted octanol–water partition coefficient (Wildman–Crippen LogP) is 3.36. The average molecular weight is 329 g/mol. The monoisotopic (exact) mass is 328 g/mol. The summed E-state index contributed by atoms with van der Waals surface area (Å²) in [7, 11) is 0. The third-order valence-corrected chi connectivity index (χ3v) is 3.22. The molecule has 0 radical (unpaired) electrons. The summed E-state index contributed by atoms with van der Waals surface area (Å²) in [5.74, 6) is -0.454. The number of halogens is 1. The van der Waals surface area contributed by atoms with E-state index in [1.807, 2.05) is 18.2 Å². The molecule has 0 N–H and O–H groups in total. The highest BCUT2D eigenvalue weighted by Gasteiger charge is 2.06. The van der Waals surface area contributed by atoms with E-state index in [9.17, 15) is 9.59 Å².